The minimum atomic E-state index is -0.463. The van der Waals surface area contributed by atoms with Crippen molar-refractivity contribution in [1.29, 1.82) is 0 Å². The van der Waals surface area contributed by atoms with Gasteiger partial charge in [0.25, 0.3) is 0 Å². The zero-order chi connectivity index (χ0) is 13.2. The third-order valence-electron chi connectivity index (χ3n) is 4.37. The fraction of sp³-hybridized carbons (Fsp3) is 0.600. The van der Waals surface area contributed by atoms with Crippen LogP contribution < -0.4 is 5.32 Å². The quantitative estimate of drug-likeness (QED) is 0.905. The van der Waals surface area contributed by atoms with Crippen molar-refractivity contribution in [3.63, 3.8) is 0 Å². The molecule has 1 aromatic carbocycles. The number of benzene rings is 1. The Morgan fingerprint density at radius 2 is 1.68 bits per heavy atom. The van der Waals surface area contributed by atoms with E-state index in [2.05, 4.69) is 10.2 Å². The number of piperazine rings is 1. The molecule has 3 rings (SSSR count). The maximum atomic E-state index is 13.5. The van der Waals surface area contributed by atoms with Gasteiger partial charge in [0.05, 0.1) is 0 Å². The van der Waals surface area contributed by atoms with Gasteiger partial charge >= 0.3 is 0 Å². The largest absolute Gasteiger partial charge is 0.314 e. The molecular formula is C15H20F2N2. The van der Waals surface area contributed by atoms with Crippen LogP contribution in [0.3, 0.4) is 0 Å². The molecule has 1 aromatic rings. The molecule has 1 heterocycles. The monoisotopic (exact) mass is 266 g/mol. The predicted octanol–water partition coefficient (Wildman–Crippen LogP) is 2.71. The molecule has 1 N–H and O–H groups in total. The molecule has 19 heavy (non-hydrogen) atoms. The molecule has 2 nitrogen and oxygen atoms in total. The van der Waals surface area contributed by atoms with Gasteiger partial charge < -0.3 is 5.32 Å². The highest BCUT2D eigenvalue weighted by Gasteiger charge is 2.33. The van der Waals surface area contributed by atoms with Gasteiger partial charge in [-0.1, -0.05) is 6.42 Å². The molecule has 2 fully saturated rings. The minimum Gasteiger partial charge on any atom is -0.314 e. The average Bonchev–Trinajstić information content (AvgIpc) is 2.33. The number of nitrogens with zero attached hydrogens (tertiary/aromatic N) is 1. The maximum absolute atomic E-state index is 13.5. The summed E-state index contributed by atoms with van der Waals surface area (Å²) in [4.78, 5) is 2.38. The van der Waals surface area contributed by atoms with E-state index in [0.717, 1.165) is 37.8 Å². The van der Waals surface area contributed by atoms with Gasteiger partial charge in [-0.2, -0.15) is 0 Å². The summed E-state index contributed by atoms with van der Waals surface area (Å²) >= 11 is 0. The average molecular weight is 266 g/mol. The van der Waals surface area contributed by atoms with E-state index in [0.29, 0.717) is 5.92 Å². The van der Waals surface area contributed by atoms with E-state index < -0.39 is 11.6 Å². The van der Waals surface area contributed by atoms with Crippen molar-refractivity contribution in [2.75, 3.05) is 26.2 Å². The Labute approximate surface area is 112 Å². The van der Waals surface area contributed by atoms with E-state index in [1.165, 1.54) is 31.4 Å². The summed E-state index contributed by atoms with van der Waals surface area (Å²) in [6.07, 6.45) is 3.59. The van der Waals surface area contributed by atoms with Gasteiger partial charge in [0.2, 0.25) is 0 Å². The normalized spacial score (nSPS) is 23.1. The van der Waals surface area contributed by atoms with Crippen molar-refractivity contribution >= 4 is 0 Å². The lowest BCUT2D eigenvalue weighted by Crippen LogP contribution is -2.47. The Hall–Kier alpha value is -1.00. The van der Waals surface area contributed by atoms with Crippen molar-refractivity contribution in [2.24, 2.45) is 5.92 Å². The van der Waals surface area contributed by atoms with Crippen LogP contribution in [-0.4, -0.2) is 31.1 Å². The summed E-state index contributed by atoms with van der Waals surface area (Å²) in [6.45, 7) is 3.83. The number of rotatable bonds is 3. The molecule has 1 aliphatic heterocycles. The number of nitrogens with one attached hydrogen (secondary N) is 1. The molecule has 0 bridgehead atoms. The molecule has 0 unspecified atom stereocenters. The number of hydrogen-bond acceptors (Lipinski definition) is 2. The summed E-state index contributed by atoms with van der Waals surface area (Å²) < 4.78 is 26.9. The van der Waals surface area contributed by atoms with Gasteiger partial charge in [-0.15, -0.1) is 0 Å². The van der Waals surface area contributed by atoms with Gasteiger partial charge in [0.15, 0.2) is 0 Å². The maximum Gasteiger partial charge on any atom is 0.126 e. The molecule has 104 valence electrons. The summed E-state index contributed by atoms with van der Waals surface area (Å²) in [7, 11) is 0. The molecule has 1 saturated heterocycles. The first-order valence-corrected chi connectivity index (χ1v) is 7.15. The smallest absolute Gasteiger partial charge is 0.126 e. The fourth-order valence-corrected chi connectivity index (χ4v) is 3.24. The summed E-state index contributed by atoms with van der Waals surface area (Å²) in [5, 5.41) is 3.33. The zero-order valence-electron chi connectivity index (χ0n) is 11.0. The summed E-state index contributed by atoms with van der Waals surface area (Å²) in [5.74, 6) is -0.372. The van der Waals surface area contributed by atoms with E-state index in [1.54, 1.807) is 0 Å². The second-order valence-electron chi connectivity index (χ2n) is 5.62. The van der Waals surface area contributed by atoms with Gasteiger partial charge in [-0.25, -0.2) is 8.78 Å². The Kier molecular flexibility index (Phi) is 3.80. The highest BCUT2D eigenvalue weighted by Crippen LogP contribution is 2.41. The van der Waals surface area contributed by atoms with Crippen molar-refractivity contribution in [3.8, 4) is 0 Å². The second-order valence-corrected chi connectivity index (χ2v) is 5.62. The standard InChI is InChI=1S/C15H20F2N2/c16-13-8-12(9-14(17)10-13)15(11-2-1-3-11)19-6-4-18-5-7-19/h8-11,15,18H,1-7H2/t15-/m0/s1. The van der Waals surface area contributed by atoms with Crippen molar-refractivity contribution in [3.05, 3.63) is 35.4 Å². The Balaban J connectivity index is 1.88. The van der Waals surface area contributed by atoms with Crippen LogP contribution in [0.4, 0.5) is 8.78 Å². The highest BCUT2D eigenvalue weighted by molar-refractivity contribution is 5.23. The second kappa shape index (κ2) is 5.55. The van der Waals surface area contributed by atoms with Crippen molar-refractivity contribution < 1.29 is 8.78 Å². The zero-order valence-corrected chi connectivity index (χ0v) is 11.0. The van der Waals surface area contributed by atoms with Crippen molar-refractivity contribution in [2.45, 2.75) is 25.3 Å². The topological polar surface area (TPSA) is 15.3 Å². The van der Waals surface area contributed by atoms with E-state index in [1.807, 2.05) is 0 Å². The SMILES string of the molecule is Fc1cc(F)cc([C@H](C2CCC2)N2CCNCC2)c1. The molecule has 1 atom stereocenters. The van der Waals surface area contributed by atoms with Crippen LogP contribution in [-0.2, 0) is 0 Å². The van der Waals surface area contributed by atoms with Gasteiger partial charge in [0, 0.05) is 38.3 Å². The van der Waals surface area contributed by atoms with Crippen LogP contribution in [0.15, 0.2) is 18.2 Å². The molecular weight excluding hydrogens is 246 g/mol. The van der Waals surface area contributed by atoms with Crippen LogP contribution >= 0.6 is 0 Å². The molecule has 0 radical (unpaired) electrons. The van der Waals surface area contributed by atoms with Crippen LogP contribution in [0.5, 0.6) is 0 Å². The fourth-order valence-electron chi connectivity index (χ4n) is 3.24. The summed E-state index contributed by atoms with van der Waals surface area (Å²) in [6, 6.07) is 4.16. The number of halogens is 2. The van der Waals surface area contributed by atoms with Gasteiger partial charge in [-0.05, 0) is 36.5 Å². The minimum absolute atomic E-state index is 0.182. The molecule has 2 aliphatic rings. The lowest BCUT2D eigenvalue weighted by molar-refractivity contribution is 0.0833. The predicted molar refractivity (Wildman–Crippen MR) is 70.9 cm³/mol. The van der Waals surface area contributed by atoms with Gasteiger partial charge in [0.1, 0.15) is 11.6 Å². The van der Waals surface area contributed by atoms with Crippen LogP contribution in [0.2, 0.25) is 0 Å². The van der Waals surface area contributed by atoms with Crippen molar-refractivity contribution in [1.82, 2.24) is 10.2 Å². The third kappa shape index (κ3) is 2.79. The molecule has 1 aliphatic carbocycles. The first-order valence-electron chi connectivity index (χ1n) is 7.15. The summed E-state index contributed by atoms with van der Waals surface area (Å²) in [5.41, 5.74) is 0.809. The van der Waals surface area contributed by atoms with Crippen LogP contribution in [0.25, 0.3) is 0 Å². The number of hydrogen-bond donors (Lipinski definition) is 1. The lowest BCUT2D eigenvalue weighted by atomic mass is 9.76. The molecule has 0 spiro atoms. The van der Waals surface area contributed by atoms with E-state index >= 15 is 0 Å². The first-order chi connectivity index (χ1) is 9.24. The Morgan fingerprint density at radius 3 is 2.21 bits per heavy atom. The lowest BCUT2D eigenvalue weighted by Gasteiger charge is -2.43. The molecule has 4 heteroatoms. The van der Waals surface area contributed by atoms with Gasteiger partial charge in [-0.3, -0.25) is 4.90 Å². The molecule has 1 saturated carbocycles. The Morgan fingerprint density at radius 1 is 1.05 bits per heavy atom. The van der Waals surface area contributed by atoms with Crippen LogP contribution in [0, 0.1) is 17.6 Å². The third-order valence-corrected chi connectivity index (χ3v) is 4.37. The molecule has 0 amide bonds. The first kappa shape index (κ1) is 13.0. The van der Waals surface area contributed by atoms with E-state index in [-0.39, 0.29) is 6.04 Å². The highest BCUT2D eigenvalue weighted by atomic mass is 19.1. The van der Waals surface area contributed by atoms with E-state index in [4.69, 9.17) is 0 Å². The molecule has 0 aromatic heterocycles. The Bertz CT molecular complexity index is 420. The van der Waals surface area contributed by atoms with Crippen LogP contribution in [0.1, 0.15) is 30.9 Å². The van der Waals surface area contributed by atoms with E-state index in [9.17, 15) is 8.78 Å².